The van der Waals surface area contributed by atoms with Crippen LogP contribution in [-0.2, 0) is 5.75 Å². The van der Waals surface area contributed by atoms with Gasteiger partial charge in [-0.1, -0.05) is 29.8 Å². The van der Waals surface area contributed by atoms with Gasteiger partial charge in [0.25, 0.3) is 0 Å². The van der Waals surface area contributed by atoms with Crippen molar-refractivity contribution in [3.8, 4) is 0 Å². The van der Waals surface area contributed by atoms with Gasteiger partial charge in [0.05, 0.1) is 5.75 Å². The van der Waals surface area contributed by atoms with Crippen LogP contribution in [0.2, 0.25) is 0 Å². The zero-order valence-corrected chi connectivity index (χ0v) is 12.6. The first-order chi connectivity index (χ1) is 9.72. The molecule has 2 heterocycles. The zero-order chi connectivity index (χ0) is 13.9. The number of aryl methyl sites for hydroxylation is 1. The normalized spacial score (nSPS) is 16.9. The molecule has 3 rings (SSSR count). The zero-order valence-electron chi connectivity index (χ0n) is 11.8. The van der Waals surface area contributed by atoms with Gasteiger partial charge < -0.3 is 9.84 Å². The van der Waals surface area contributed by atoms with Crippen LogP contribution in [0.25, 0.3) is 0 Å². The Balaban J connectivity index is 1.59. The second-order valence-corrected chi connectivity index (χ2v) is 6.41. The van der Waals surface area contributed by atoms with Crippen molar-refractivity contribution in [2.75, 3.05) is 13.1 Å². The lowest BCUT2D eigenvalue weighted by atomic mass is 9.89. The molecule has 106 valence electrons. The van der Waals surface area contributed by atoms with Crippen molar-refractivity contribution in [2.45, 2.75) is 30.4 Å². The molecule has 0 spiro atoms. The van der Waals surface area contributed by atoms with Gasteiger partial charge in [-0.05, 0) is 38.1 Å². The van der Waals surface area contributed by atoms with Crippen LogP contribution in [0.5, 0.6) is 0 Å². The van der Waals surface area contributed by atoms with Gasteiger partial charge in [-0.2, -0.15) is 4.98 Å². The van der Waals surface area contributed by atoms with Crippen molar-refractivity contribution in [2.24, 2.45) is 5.92 Å². The van der Waals surface area contributed by atoms with E-state index in [9.17, 15) is 0 Å². The van der Waals surface area contributed by atoms with Crippen LogP contribution in [-0.4, -0.2) is 23.2 Å². The predicted octanol–water partition coefficient (Wildman–Crippen LogP) is 2.99. The van der Waals surface area contributed by atoms with Crippen molar-refractivity contribution < 1.29 is 4.52 Å². The number of hydrogen-bond donors (Lipinski definition) is 1. The molecule has 0 radical (unpaired) electrons. The maximum atomic E-state index is 5.39. The van der Waals surface area contributed by atoms with Gasteiger partial charge in [0, 0.05) is 10.8 Å². The first-order valence-corrected chi connectivity index (χ1v) is 7.93. The number of nitrogens with one attached hydrogen (secondary N) is 1. The largest absolute Gasteiger partial charge is 0.339 e. The van der Waals surface area contributed by atoms with Crippen molar-refractivity contribution in [1.29, 1.82) is 0 Å². The molecule has 1 N–H and O–H groups in total. The highest BCUT2D eigenvalue weighted by atomic mass is 32.2. The Kier molecular flexibility index (Phi) is 4.08. The average molecular weight is 289 g/mol. The average Bonchev–Trinajstić information content (AvgIpc) is 2.83. The highest BCUT2D eigenvalue weighted by Crippen LogP contribution is 2.27. The molecule has 0 aliphatic carbocycles. The maximum absolute atomic E-state index is 5.39. The summed E-state index contributed by atoms with van der Waals surface area (Å²) in [7, 11) is 0. The van der Waals surface area contributed by atoms with Crippen LogP contribution < -0.4 is 5.32 Å². The second-order valence-electron chi connectivity index (χ2n) is 5.36. The topological polar surface area (TPSA) is 51.0 Å². The predicted molar refractivity (Wildman–Crippen MR) is 79.8 cm³/mol. The van der Waals surface area contributed by atoms with E-state index >= 15 is 0 Å². The lowest BCUT2D eigenvalue weighted by Crippen LogP contribution is -2.44. The van der Waals surface area contributed by atoms with E-state index in [1.54, 1.807) is 11.8 Å². The third kappa shape index (κ3) is 3.04. The summed E-state index contributed by atoms with van der Waals surface area (Å²) in [6.45, 7) is 6.37. The summed E-state index contributed by atoms with van der Waals surface area (Å²) in [5, 5.41) is 7.36. The van der Waals surface area contributed by atoms with Crippen molar-refractivity contribution in [3.05, 3.63) is 41.5 Å². The molecule has 20 heavy (non-hydrogen) atoms. The van der Waals surface area contributed by atoms with Gasteiger partial charge in [0.2, 0.25) is 5.89 Å². The van der Waals surface area contributed by atoms with Crippen molar-refractivity contribution >= 4 is 11.8 Å². The minimum absolute atomic E-state index is 0.349. The third-order valence-electron chi connectivity index (χ3n) is 3.75. The second kappa shape index (κ2) is 5.97. The maximum Gasteiger partial charge on any atom is 0.229 e. The van der Waals surface area contributed by atoms with Gasteiger partial charge in [0.1, 0.15) is 0 Å². The fourth-order valence-corrected chi connectivity index (χ4v) is 3.09. The highest BCUT2D eigenvalue weighted by Gasteiger charge is 2.28. The fourth-order valence-electron chi connectivity index (χ4n) is 2.23. The Labute approximate surface area is 123 Å². The molecule has 1 aliphatic rings. The molecule has 1 saturated heterocycles. The minimum Gasteiger partial charge on any atom is -0.339 e. The van der Waals surface area contributed by atoms with E-state index < -0.39 is 0 Å². The molecule has 0 bridgehead atoms. The van der Waals surface area contributed by atoms with Crippen LogP contribution in [0.15, 0.2) is 33.7 Å². The van der Waals surface area contributed by atoms with Gasteiger partial charge >= 0.3 is 0 Å². The van der Waals surface area contributed by atoms with Gasteiger partial charge in [-0.3, -0.25) is 0 Å². The molecule has 1 aromatic carbocycles. The monoisotopic (exact) mass is 289 g/mol. The molecule has 5 heteroatoms. The molecule has 0 amide bonds. The highest BCUT2D eigenvalue weighted by molar-refractivity contribution is 7.98. The number of benzene rings is 1. The standard InChI is InChI=1S/C15H19N3OS/c1-10-4-3-5-13(6-10)20-9-14-17-15(19-18-14)11(2)12-7-16-8-12/h3-6,11-12,16H,7-9H2,1-2H3. The Morgan fingerprint density at radius 2 is 2.30 bits per heavy atom. The smallest absolute Gasteiger partial charge is 0.229 e. The summed E-state index contributed by atoms with van der Waals surface area (Å²) in [4.78, 5) is 5.77. The Morgan fingerprint density at radius 1 is 1.45 bits per heavy atom. The molecule has 0 saturated carbocycles. The molecule has 1 unspecified atom stereocenters. The van der Waals surface area contributed by atoms with E-state index in [0.29, 0.717) is 11.8 Å². The molecule has 1 atom stereocenters. The Hall–Kier alpha value is -1.33. The number of nitrogens with zero attached hydrogens (tertiary/aromatic N) is 2. The van der Waals surface area contributed by atoms with E-state index in [-0.39, 0.29) is 0 Å². The summed E-state index contributed by atoms with van der Waals surface area (Å²) >= 11 is 1.74. The summed E-state index contributed by atoms with van der Waals surface area (Å²) in [5.41, 5.74) is 1.27. The molecule has 4 nitrogen and oxygen atoms in total. The molecule has 1 aromatic heterocycles. The Bertz CT molecular complexity index is 580. The summed E-state index contributed by atoms with van der Waals surface area (Å²) in [6.07, 6.45) is 0. The molecular formula is C15H19N3OS. The molecule has 1 fully saturated rings. The fraction of sp³-hybridized carbons (Fsp3) is 0.467. The van der Waals surface area contributed by atoms with E-state index in [0.717, 1.165) is 30.6 Å². The van der Waals surface area contributed by atoms with Crippen molar-refractivity contribution in [1.82, 2.24) is 15.5 Å². The van der Waals surface area contributed by atoms with Gasteiger partial charge in [-0.15, -0.1) is 11.8 Å². The Morgan fingerprint density at radius 3 is 3.00 bits per heavy atom. The summed E-state index contributed by atoms with van der Waals surface area (Å²) < 4.78 is 5.39. The van der Waals surface area contributed by atoms with E-state index in [4.69, 9.17) is 4.52 Å². The van der Waals surface area contributed by atoms with Crippen LogP contribution in [0, 0.1) is 12.8 Å². The van der Waals surface area contributed by atoms with Gasteiger partial charge in [0.15, 0.2) is 5.82 Å². The molecular weight excluding hydrogens is 270 g/mol. The number of aromatic nitrogens is 2. The lowest BCUT2D eigenvalue weighted by molar-refractivity contribution is 0.252. The van der Waals surface area contributed by atoms with E-state index in [1.807, 2.05) is 0 Å². The van der Waals surface area contributed by atoms with E-state index in [1.165, 1.54) is 10.5 Å². The first-order valence-electron chi connectivity index (χ1n) is 6.95. The third-order valence-corrected chi connectivity index (χ3v) is 4.74. The van der Waals surface area contributed by atoms with Gasteiger partial charge in [-0.25, -0.2) is 0 Å². The molecule has 2 aromatic rings. The van der Waals surface area contributed by atoms with Crippen molar-refractivity contribution in [3.63, 3.8) is 0 Å². The number of hydrogen-bond acceptors (Lipinski definition) is 5. The molecule has 1 aliphatic heterocycles. The van der Waals surface area contributed by atoms with Crippen LogP contribution in [0.4, 0.5) is 0 Å². The summed E-state index contributed by atoms with van der Waals surface area (Å²) in [6, 6.07) is 8.46. The van der Waals surface area contributed by atoms with Crippen LogP contribution in [0.3, 0.4) is 0 Å². The van der Waals surface area contributed by atoms with Crippen LogP contribution in [0.1, 0.15) is 30.1 Å². The first kappa shape index (κ1) is 13.6. The SMILES string of the molecule is Cc1cccc(SCc2noc(C(C)C3CNC3)n2)c1. The van der Waals surface area contributed by atoms with Crippen LogP contribution >= 0.6 is 11.8 Å². The quantitative estimate of drug-likeness (QED) is 0.858. The minimum atomic E-state index is 0.349. The summed E-state index contributed by atoms with van der Waals surface area (Å²) in [5.74, 6) is 3.29. The number of thioether (sulfide) groups is 1. The lowest BCUT2D eigenvalue weighted by Gasteiger charge is -2.30. The number of rotatable bonds is 5. The van der Waals surface area contributed by atoms with E-state index in [2.05, 4.69) is 53.6 Å².